The third kappa shape index (κ3) is 2.27. The minimum atomic E-state index is -2.79. The quantitative estimate of drug-likeness (QED) is 0.654. The van der Waals surface area contributed by atoms with Crippen molar-refractivity contribution in [3.05, 3.63) is 0 Å². The van der Waals surface area contributed by atoms with Gasteiger partial charge in [-0.15, -0.1) is 0 Å². The van der Waals surface area contributed by atoms with Gasteiger partial charge in [-0.05, 0) is 25.8 Å². The van der Waals surface area contributed by atoms with Crippen LogP contribution in [0.3, 0.4) is 0 Å². The molecule has 0 unspecified atom stereocenters. The molecule has 5 heteroatoms. The summed E-state index contributed by atoms with van der Waals surface area (Å²) in [5.41, 5.74) is 0. The van der Waals surface area contributed by atoms with Gasteiger partial charge in [-0.3, -0.25) is 4.90 Å². The van der Waals surface area contributed by atoms with Gasteiger partial charge in [0.25, 0.3) is 0 Å². The van der Waals surface area contributed by atoms with E-state index < -0.39 is 9.84 Å². The number of aliphatic hydroxyl groups is 1. The van der Waals surface area contributed by atoms with E-state index >= 15 is 0 Å². The van der Waals surface area contributed by atoms with Gasteiger partial charge >= 0.3 is 0 Å². The van der Waals surface area contributed by atoms with Gasteiger partial charge in [-0.1, -0.05) is 0 Å². The second kappa shape index (κ2) is 3.79. The number of hydrogen-bond acceptors (Lipinski definition) is 4. The first-order chi connectivity index (χ1) is 6.57. The van der Waals surface area contributed by atoms with E-state index in [4.69, 9.17) is 0 Å². The van der Waals surface area contributed by atoms with Gasteiger partial charge in [-0.25, -0.2) is 8.42 Å². The van der Waals surface area contributed by atoms with Crippen LogP contribution in [0.1, 0.15) is 19.3 Å². The highest BCUT2D eigenvalue weighted by atomic mass is 32.2. The van der Waals surface area contributed by atoms with Crippen LogP contribution in [0, 0.1) is 0 Å². The minimum Gasteiger partial charge on any atom is -0.392 e. The third-order valence-electron chi connectivity index (χ3n) is 3.15. The molecule has 82 valence electrons. The first-order valence-corrected chi connectivity index (χ1v) is 7.01. The van der Waals surface area contributed by atoms with Gasteiger partial charge in [-0.2, -0.15) is 0 Å². The normalized spacial score (nSPS) is 38.6. The Hall–Kier alpha value is -0.130. The molecule has 2 aliphatic rings. The van der Waals surface area contributed by atoms with E-state index in [1.165, 1.54) is 0 Å². The predicted octanol–water partition coefficient (Wildman–Crippen LogP) is -0.370. The van der Waals surface area contributed by atoms with E-state index in [-0.39, 0.29) is 12.1 Å². The van der Waals surface area contributed by atoms with E-state index in [9.17, 15) is 13.5 Å². The molecule has 0 amide bonds. The molecule has 2 heterocycles. The highest BCUT2D eigenvalue weighted by Crippen LogP contribution is 2.21. The van der Waals surface area contributed by atoms with E-state index in [0.717, 1.165) is 25.8 Å². The Bertz CT molecular complexity index is 301. The Morgan fingerprint density at radius 2 is 2.07 bits per heavy atom. The van der Waals surface area contributed by atoms with Crippen LogP contribution in [0.4, 0.5) is 0 Å². The monoisotopic (exact) mass is 219 g/mol. The molecule has 0 saturated carbocycles. The predicted molar refractivity (Wildman–Crippen MR) is 53.9 cm³/mol. The zero-order valence-electron chi connectivity index (χ0n) is 8.22. The number of piperidine rings is 1. The van der Waals surface area contributed by atoms with Crippen LogP contribution in [0.2, 0.25) is 0 Å². The fourth-order valence-corrected chi connectivity index (χ4v) is 4.14. The maximum Gasteiger partial charge on any atom is 0.151 e. The standard InChI is InChI=1S/C9H17NO3S/c11-9-2-1-4-10(6-9)8-3-5-14(12,13)7-8/h8-9,11H,1-7H2/t8-,9-/m1/s1. The molecule has 4 nitrogen and oxygen atoms in total. The highest BCUT2D eigenvalue weighted by molar-refractivity contribution is 7.91. The summed E-state index contributed by atoms with van der Waals surface area (Å²) in [6, 6.07) is 0.162. The highest BCUT2D eigenvalue weighted by Gasteiger charge is 2.33. The number of likely N-dealkylation sites (tertiary alicyclic amines) is 1. The van der Waals surface area contributed by atoms with Crippen LogP contribution in [0.15, 0.2) is 0 Å². The lowest BCUT2D eigenvalue weighted by Gasteiger charge is -2.34. The summed E-state index contributed by atoms with van der Waals surface area (Å²) in [4.78, 5) is 2.14. The summed E-state index contributed by atoms with van der Waals surface area (Å²) < 4.78 is 22.6. The largest absolute Gasteiger partial charge is 0.392 e. The van der Waals surface area contributed by atoms with Gasteiger partial charge < -0.3 is 5.11 Å². The second-order valence-electron chi connectivity index (χ2n) is 4.35. The lowest BCUT2D eigenvalue weighted by atomic mass is 10.1. The van der Waals surface area contributed by atoms with Crippen molar-refractivity contribution < 1.29 is 13.5 Å². The van der Waals surface area contributed by atoms with Crippen LogP contribution >= 0.6 is 0 Å². The maximum absolute atomic E-state index is 11.3. The molecule has 0 aromatic heterocycles. The fraction of sp³-hybridized carbons (Fsp3) is 1.00. The Morgan fingerprint density at radius 1 is 1.29 bits per heavy atom. The summed E-state index contributed by atoms with van der Waals surface area (Å²) in [5.74, 6) is 0.615. The summed E-state index contributed by atoms with van der Waals surface area (Å²) in [5, 5.41) is 9.48. The molecular weight excluding hydrogens is 202 g/mol. The Balaban J connectivity index is 1.96. The average Bonchev–Trinajstić information content (AvgIpc) is 2.46. The van der Waals surface area contributed by atoms with E-state index in [1.807, 2.05) is 0 Å². The molecule has 14 heavy (non-hydrogen) atoms. The topological polar surface area (TPSA) is 57.6 Å². The third-order valence-corrected chi connectivity index (χ3v) is 4.90. The summed E-state index contributed by atoms with van der Waals surface area (Å²) in [7, 11) is -2.79. The SMILES string of the molecule is O=S1(=O)CC[C@@H](N2CCC[C@@H](O)C2)C1. The van der Waals surface area contributed by atoms with Gasteiger partial charge in [0.2, 0.25) is 0 Å². The summed E-state index contributed by atoms with van der Waals surface area (Å²) in [6.45, 7) is 1.59. The molecule has 0 aliphatic carbocycles. The fourth-order valence-electron chi connectivity index (χ4n) is 2.38. The molecular formula is C9H17NO3S. The van der Waals surface area contributed by atoms with Crippen molar-refractivity contribution in [1.82, 2.24) is 4.90 Å². The Labute approximate surface area is 84.8 Å². The number of nitrogens with zero attached hydrogens (tertiary/aromatic N) is 1. The van der Waals surface area contributed by atoms with Crippen LogP contribution in [-0.2, 0) is 9.84 Å². The van der Waals surface area contributed by atoms with Crippen molar-refractivity contribution >= 4 is 9.84 Å². The van der Waals surface area contributed by atoms with Crippen molar-refractivity contribution in [2.24, 2.45) is 0 Å². The minimum absolute atomic E-state index is 0.162. The van der Waals surface area contributed by atoms with Crippen LogP contribution in [0.5, 0.6) is 0 Å². The van der Waals surface area contributed by atoms with Crippen molar-refractivity contribution in [3.63, 3.8) is 0 Å². The molecule has 0 aromatic rings. The van der Waals surface area contributed by atoms with Crippen LogP contribution in [0.25, 0.3) is 0 Å². The number of aliphatic hydroxyl groups excluding tert-OH is 1. The molecule has 2 saturated heterocycles. The molecule has 0 radical (unpaired) electrons. The van der Waals surface area contributed by atoms with Crippen molar-refractivity contribution in [2.45, 2.75) is 31.4 Å². The van der Waals surface area contributed by atoms with Crippen molar-refractivity contribution in [3.8, 4) is 0 Å². The molecule has 2 aliphatic heterocycles. The van der Waals surface area contributed by atoms with E-state index in [2.05, 4.69) is 4.90 Å². The second-order valence-corrected chi connectivity index (χ2v) is 6.58. The molecule has 0 bridgehead atoms. The maximum atomic E-state index is 11.3. The first-order valence-electron chi connectivity index (χ1n) is 5.19. The van der Waals surface area contributed by atoms with Crippen molar-refractivity contribution in [1.29, 1.82) is 0 Å². The van der Waals surface area contributed by atoms with Crippen LogP contribution < -0.4 is 0 Å². The molecule has 1 N–H and O–H groups in total. The molecule has 2 rings (SSSR count). The lowest BCUT2D eigenvalue weighted by molar-refractivity contribution is 0.0522. The smallest absolute Gasteiger partial charge is 0.151 e. The first kappa shape index (κ1) is 10.4. The number of rotatable bonds is 1. The van der Waals surface area contributed by atoms with Gasteiger partial charge in [0, 0.05) is 12.6 Å². The van der Waals surface area contributed by atoms with Crippen LogP contribution in [-0.4, -0.2) is 55.2 Å². The zero-order chi connectivity index (χ0) is 10.2. The van der Waals surface area contributed by atoms with Gasteiger partial charge in [0.15, 0.2) is 9.84 Å². The summed E-state index contributed by atoms with van der Waals surface area (Å²) >= 11 is 0. The van der Waals surface area contributed by atoms with Gasteiger partial charge in [0.05, 0.1) is 17.6 Å². The van der Waals surface area contributed by atoms with Crippen molar-refractivity contribution in [2.75, 3.05) is 24.6 Å². The molecule has 2 atom stereocenters. The van der Waals surface area contributed by atoms with Gasteiger partial charge in [0.1, 0.15) is 0 Å². The molecule has 2 fully saturated rings. The number of sulfone groups is 1. The summed E-state index contributed by atoms with van der Waals surface area (Å²) in [6.07, 6.45) is 2.33. The number of hydrogen-bond donors (Lipinski definition) is 1. The molecule has 0 aromatic carbocycles. The zero-order valence-corrected chi connectivity index (χ0v) is 9.04. The van der Waals surface area contributed by atoms with E-state index in [0.29, 0.717) is 18.1 Å². The Morgan fingerprint density at radius 3 is 2.64 bits per heavy atom. The van der Waals surface area contributed by atoms with E-state index in [1.54, 1.807) is 0 Å². The molecule has 0 spiro atoms. The Kier molecular flexibility index (Phi) is 2.81. The average molecular weight is 219 g/mol. The lowest BCUT2D eigenvalue weighted by Crippen LogP contribution is -2.45. The number of β-amino-alcohol motifs (C(OH)–C–C–N with tert-alkyl or cyclic N) is 1.